The summed E-state index contributed by atoms with van der Waals surface area (Å²) in [6.07, 6.45) is 0. The van der Waals surface area contributed by atoms with Crippen LogP contribution in [-0.4, -0.2) is 45.0 Å². The van der Waals surface area contributed by atoms with Gasteiger partial charge in [-0.3, -0.25) is 4.79 Å². The Morgan fingerprint density at radius 1 is 1.26 bits per heavy atom. The van der Waals surface area contributed by atoms with Crippen molar-refractivity contribution >= 4 is 27.7 Å². The van der Waals surface area contributed by atoms with Crippen LogP contribution in [0.4, 0.5) is 5.82 Å². The van der Waals surface area contributed by atoms with Crippen LogP contribution < -0.4 is 9.62 Å². The van der Waals surface area contributed by atoms with E-state index in [0.717, 1.165) is 5.56 Å². The predicted molar refractivity (Wildman–Crippen MR) is 112 cm³/mol. The highest BCUT2D eigenvalue weighted by Crippen LogP contribution is 2.28. The molecule has 1 amide bonds. The Labute approximate surface area is 180 Å². The van der Waals surface area contributed by atoms with Gasteiger partial charge in [-0.15, -0.1) is 0 Å². The van der Waals surface area contributed by atoms with Gasteiger partial charge in [-0.05, 0) is 39.0 Å². The van der Waals surface area contributed by atoms with Gasteiger partial charge in [0.15, 0.2) is 0 Å². The first-order chi connectivity index (χ1) is 14.7. The molecule has 2 heterocycles. The smallest absolute Gasteiger partial charge is 0.340 e. The maximum absolute atomic E-state index is 12.4. The van der Waals surface area contributed by atoms with Crippen molar-refractivity contribution in [3.63, 3.8) is 0 Å². The molecule has 0 aliphatic carbocycles. The molecular formula is C21H22N4O5S. The van der Waals surface area contributed by atoms with E-state index in [2.05, 4.69) is 9.71 Å². The minimum atomic E-state index is -3.96. The molecule has 0 spiro atoms. The minimum absolute atomic E-state index is 0.0150. The highest BCUT2D eigenvalue weighted by atomic mass is 32.2. The van der Waals surface area contributed by atoms with Crippen LogP contribution in [0.1, 0.15) is 34.1 Å². The molecule has 9 nitrogen and oxygen atoms in total. The maximum Gasteiger partial charge on any atom is 0.340 e. The van der Waals surface area contributed by atoms with E-state index in [1.54, 1.807) is 30.9 Å². The minimum Gasteiger partial charge on any atom is -0.462 e. The van der Waals surface area contributed by atoms with Crippen molar-refractivity contribution in [2.45, 2.75) is 25.7 Å². The van der Waals surface area contributed by atoms with E-state index in [9.17, 15) is 23.3 Å². The average Bonchev–Trinajstić information content (AvgIpc) is 2.67. The Morgan fingerprint density at radius 2 is 1.90 bits per heavy atom. The van der Waals surface area contributed by atoms with Crippen LogP contribution in [-0.2, 0) is 19.6 Å². The second-order valence-corrected chi connectivity index (χ2v) is 8.89. The fourth-order valence-corrected chi connectivity index (χ4v) is 4.18. The summed E-state index contributed by atoms with van der Waals surface area (Å²) in [6, 6.07) is 9.62. The lowest BCUT2D eigenvalue weighted by Gasteiger charge is -2.39. The summed E-state index contributed by atoms with van der Waals surface area (Å²) in [5.41, 5.74) is 1.70. The number of benzene rings is 1. The first kappa shape index (κ1) is 22.2. The van der Waals surface area contributed by atoms with Crippen LogP contribution in [0.25, 0.3) is 0 Å². The number of nitrogens with zero attached hydrogens (tertiary/aromatic N) is 3. The molecule has 1 aromatic carbocycles. The molecule has 0 saturated carbocycles. The second kappa shape index (κ2) is 8.73. The molecule has 1 aliphatic heterocycles. The summed E-state index contributed by atoms with van der Waals surface area (Å²) < 4.78 is 31.9. The molecule has 0 atom stereocenters. The van der Waals surface area contributed by atoms with E-state index in [-0.39, 0.29) is 35.7 Å². The largest absolute Gasteiger partial charge is 0.462 e. The number of ether oxygens (including phenoxy) is 1. The predicted octanol–water partition coefficient (Wildman–Crippen LogP) is 1.69. The SMILES string of the molecule is CCOC(=O)c1cc(C#N)c(N2CC(C(=O)NS(=O)(=O)c3ccc(C)cc3)C2)nc1C. The second-order valence-electron chi connectivity index (χ2n) is 7.21. The number of amides is 1. The van der Waals surface area contributed by atoms with E-state index in [4.69, 9.17) is 4.74 Å². The van der Waals surface area contributed by atoms with Crippen LogP contribution >= 0.6 is 0 Å². The third kappa shape index (κ3) is 4.67. The molecule has 3 rings (SSSR count). The molecule has 31 heavy (non-hydrogen) atoms. The summed E-state index contributed by atoms with van der Waals surface area (Å²) in [6.45, 7) is 5.77. The van der Waals surface area contributed by atoms with Gasteiger partial charge in [0.1, 0.15) is 11.9 Å². The standard InChI is InChI=1S/C21H22N4O5S/c1-4-30-21(27)18-9-15(10-22)19(23-14(18)3)25-11-16(12-25)20(26)24-31(28,29)17-7-5-13(2)6-8-17/h5-9,16H,4,11-12H2,1-3H3,(H,24,26). The number of anilines is 1. The monoisotopic (exact) mass is 442 g/mol. The highest BCUT2D eigenvalue weighted by molar-refractivity contribution is 7.90. The molecule has 1 aromatic heterocycles. The van der Waals surface area contributed by atoms with E-state index >= 15 is 0 Å². The van der Waals surface area contributed by atoms with E-state index in [1.807, 2.05) is 13.0 Å². The fraction of sp³-hybridized carbons (Fsp3) is 0.333. The summed E-state index contributed by atoms with van der Waals surface area (Å²) in [5.74, 6) is -1.40. The number of aryl methyl sites for hydroxylation is 2. The number of rotatable bonds is 6. The molecule has 0 unspecified atom stereocenters. The van der Waals surface area contributed by atoms with Crippen LogP contribution in [0.15, 0.2) is 35.2 Å². The van der Waals surface area contributed by atoms with Crippen molar-refractivity contribution in [3.8, 4) is 6.07 Å². The van der Waals surface area contributed by atoms with Gasteiger partial charge in [0.05, 0.1) is 34.2 Å². The van der Waals surface area contributed by atoms with Gasteiger partial charge in [0, 0.05) is 13.1 Å². The zero-order chi connectivity index (χ0) is 22.8. The Morgan fingerprint density at radius 3 is 2.48 bits per heavy atom. The van der Waals surface area contributed by atoms with Crippen LogP contribution in [0.3, 0.4) is 0 Å². The number of sulfonamides is 1. The molecule has 1 N–H and O–H groups in total. The van der Waals surface area contributed by atoms with Crippen LogP contribution in [0, 0.1) is 31.1 Å². The van der Waals surface area contributed by atoms with E-state index in [0.29, 0.717) is 11.5 Å². The molecule has 1 saturated heterocycles. The molecule has 1 aliphatic rings. The number of carbonyl (C=O) groups is 2. The van der Waals surface area contributed by atoms with Crippen LogP contribution in [0.2, 0.25) is 0 Å². The van der Waals surface area contributed by atoms with Gasteiger partial charge in [0.2, 0.25) is 5.91 Å². The Balaban J connectivity index is 1.70. The number of pyridine rings is 1. The van der Waals surface area contributed by atoms with Crippen molar-refractivity contribution in [2.24, 2.45) is 5.92 Å². The molecule has 0 bridgehead atoms. The third-order valence-electron chi connectivity index (χ3n) is 4.93. The fourth-order valence-electron chi connectivity index (χ4n) is 3.14. The lowest BCUT2D eigenvalue weighted by Crippen LogP contribution is -2.55. The number of esters is 1. The zero-order valence-corrected chi connectivity index (χ0v) is 18.2. The number of hydrogen-bond donors (Lipinski definition) is 1. The summed E-state index contributed by atoms with van der Waals surface area (Å²) in [7, 11) is -3.96. The Kier molecular flexibility index (Phi) is 6.27. The Hall–Kier alpha value is -3.45. The van der Waals surface area contributed by atoms with Gasteiger partial charge < -0.3 is 9.64 Å². The topological polar surface area (TPSA) is 129 Å². The van der Waals surface area contributed by atoms with Crippen molar-refractivity contribution in [1.82, 2.24) is 9.71 Å². The van der Waals surface area contributed by atoms with Gasteiger partial charge in [-0.25, -0.2) is 22.9 Å². The molecule has 1 fully saturated rings. The molecule has 0 radical (unpaired) electrons. The van der Waals surface area contributed by atoms with Crippen LogP contribution in [0.5, 0.6) is 0 Å². The first-order valence-electron chi connectivity index (χ1n) is 9.63. The summed E-state index contributed by atoms with van der Waals surface area (Å²) >= 11 is 0. The van der Waals surface area contributed by atoms with Crippen molar-refractivity contribution in [1.29, 1.82) is 5.26 Å². The first-order valence-corrected chi connectivity index (χ1v) is 11.1. The van der Waals surface area contributed by atoms with Gasteiger partial charge in [0.25, 0.3) is 10.0 Å². The van der Waals surface area contributed by atoms with Gasteiger partial charge in [-0.1, -0.05) is 17.7 Å². The number of carbonyl (C=O) groups excluding carboxylic acids is 2. The lowest BCUT2D eigenvalue weighted by molar-refractivity contribution is -0.123. The molecule has 10 heteroatoms. The molecule has 2 aromatic rings. The average molecular weight is 442 g/mol. The van der Waals surface area contributed by atoms with Crippen molar-refractivity contribution in [3.05, 3.63) is 52.7 Å². The molecular weight excluding hydrogens is 420 g/mol. The zero-order valence-electron chi connectivity index (χ0n) is 17.4. The maximum atomic E-state index is 12.4. The summed E-state index contributed by atoms with van der Waals surface area (Å²) in [5, 5.41) is 9.46. The van der Waals surface area contributed by atoms with E-state index < -0.39 is 27.8 Å². The van der Waals surface area contributed by atoms with Gasteiger partial charge in [-0.2, -0.15) is 5.26 Å². The van der Waals surface area contributed by atoms with E-state index in [1.165, 1.54) is 18.2 Å². The quantitative estimate of drug-likeness (QED) is 0.669. The molecule has 162 valence electrons. The normalized spacial score (nSPS) is 13.8. The van der Waals surface area contributed by atoms with Crippen molar-refractivity contribution in [2.75, 3.05) is 24.6 Å². The number of nitrogens with one attached hydrogen (secondary N) is 1. The number of hydrogen-bond acceptors (Lipinski definition) is 8. The number of aromatic nitrogens is 1. The van der Waals surface area contributed by atoms with Crippen molar-refractivity contribution < 1.29 is 22.7 Å². The van der Waals surface area contributed by atoms with Gasteiger partial charge >= 0.3 is 5.97 Å². The lowest BCUT2D eigenvalue weighted by atomic mass is 9.98. The highest BCUT2D eigenvalue weighted by Gasteiger charge is 2.37. The third-order valence-corrected chi connectivity index (χ3v) is 6.29. The summed E-state index contributed by atoms with van der Waals surface area (Å²) in [4.78, 5) is 30.5. The Bertz CT molecular complexity index is 1160. The number of nitriles is 1.